The van der Waals surface area contributed by atoms with Crippen molar-refractivity contribution in [1.82, 2.24) is 0 Å². The van der Waals surface area contributed by atoms with E-state index in [0.717, 1.165) is 42.4 Å². The van der Waals surface area contributed by atoms with Gasteiger partial charge in [-0.2, -0.15) is 0 Å². The number of rotatable bonds is 12. The highest BCUT2D eigenvalue weighted by Gasteiger charge is 2.02. The van der Waals surface area contributed by atoms with Crippen LogP contribution in [0, 0.1) is 0 Å². The zero-order valence-corrected chi connectivity index (χ0v) is 19.9. The van der Waals surface area contributed by atoms with Crippen LogP contribution in [-0.4, -0.2) is 47.4 Å². The first-order valence-electron chi connectivity index (χ1n) is 11.1. The van der Waals surface area contributed by atoms with Gasteiger partial charge in [0.25, 0.3) is 0 Å². The number of benzene rings is 2. The van der Waals surface area contributed by atoms with Gasteiger partial charge in [0.05, 0.1) is 45.7 Å². The molecule has 0 saturated carbocycles. The molecule has 0 saturated heterocycles. The SMILES string of the molecule is CCCNc1ccc(N)c(OC)c1.CCC[NH+](C)CCCNc1ccc(N)c(OC)c1. The molecule has 1 atom stereocenters. The number of ether oxygens (including phenoxy) is 2. The lowest BCUT2D eigenvalue weighted by Gasteiger charge is -2.13. The summed E-state index contributed by atoms with van der Waals surface area (Å²) in [6.45, 7) is 8.74. The largest absolute Gasteiger partial charge is 0.495 e. The van der Waals surface area contributed by atoms with Gasteiger partial charge in [-0.25, -0.2) is 0 Å². The summed E-state index contributed by atoms with van der Waals surface area (Å²) in [6.07, 6.45) is 3.51. The van der Waals surface area contributed by atoms with Crippen LogP contribution in [-0.2, 0) is 0 Å². The van der Waals surface area contributed by atoms with Gasteiger partial charge in [0.2, 0.25) is 0 Å². The van der Waals surface area contributed by atoms with E-state index in [1.807, 2.05) is 36.4 Å². The molecule has 0 spiro atoms. The van der Waals surface area contributed by atoms with Crippen LogP contribution in [0.4, 0.5) is 22.7 Å². The van der Waals surface area contributed by atoms with Gasteiger partial charge >= 0.3 is 0 Å². The zero-order chi connectivity index (χ0) is 23.1. The summed E-state index contributed by atoms with van der Waals surface area (Å²) in [5.41, 5.74) is 14.9. The Balaban J connectivity index is 0.000000327. The van der Waals surface area contributed by atoms with E-state index >= 15 is 0 Å². The van der Waals surface area contributed by atoms with Crippen LogP contribution in [0.5, 0.6) is 11.5 Å². The first-order chi connectivity index (χ1) is 14.9. The van der Waals surface area contributed by atoms with Crippen molar-refractivity contribution in [3.05, 3.63) is 36.4 Å². The van der Waals surface area contributed by atoms with E-state index in [0.29, 0.717) is 11.4 Å². The smallest absolute Gasteiger partial charge is 0.143 e. The minimum atomic E-state index is 0.671. The highest BCUT2D eigenvalue weighted by Crippen LogP contribution is 2.25. The number of nitrogens with two attached hydrogens (primary N) is 2. The van der Waals surface area contributed by atoms with Crippen LogP contribution in [0.1, 0.15) is 33.1 Å². The Bertz CT molecular complexity index is 755. The Morgan fingerprint density at radius 3 is 1.74 bits per heavy atom. The van der Waals surface area contributed by atoms with E-state index in [2.05, 4.69) is 31.5 Å². The second-order valence-electron chi connectivity index (χ2n) is 7.58. The first-order valence-corrected chi connectivity index (χ1v) is 11.1. The van der Waals surface area contributed by atoms with Crippen molar-refractivity contribution in [1.29, 1.82) is 0 Å². The topological polar surface area (TPSA) is 99.0 Å². The third-order valence-corrected chi connectivity index (χ3v) is 4.83. The minimum Gasteiger partial charge on any atom is -0.495 e. The molecule has 0 aromatic heterocycles. The number of hydrogen-bond donors (Lipinski definition) is 5. The van der Waals surface area contributed by atoms with Crippen molar-refractivity contribution < 1.29 is 14.4 Å². The first kappa shape index (κ1) is 26.2. The average Bonchev–Trinajstić information content (AvgIpc) is 2.77. The molecule has 0 aliphatic heterocycles. The van der Waals surface area contributed by atoms with Crippen molar-refractivity contribution in [2.45, 2.75) is 33.1 Å². The lowest BCUT2D eigenvalue weighted by molar-refractivity contribution is -0.879. The highest BCUT2D eigenvalue weighted by molar-refractivity contribution is 5.62. The molecule has 0 amide bonds. The van der Waals surface area contributed by atoms with Gasteiger partial charge in [-0.3, -0.25) is 0 Å². The second kappa shape index (κ2) is 15.1. The van der Waals surface area contributed by atoms with Crippen molar-refractivity contribution >= 4 is 22.7 Å². The van der Waals surface area contributed by atoms with Gasteiger partial charge in [0, 0.05) is 43.0 Å². The summed E-state index contributed by atoms with van der Waals surface area (Å²) < 4.78 is 10.3. The average molecular weight is 433 g/mol. The van der Waals surface area contributed by atoms with Crippen molar-refractivity contribution in [3.63, 3.8) is 0 Å². The Morgan fingerprint density at radius 1 is 0.774 bits per heavy atom. The second-order valence-corrected chi connectivity index (χ2v) is 7.58. The molecule has 7 N–H and O–H groups in total. The van der Waals surface area contributed by atoms with Gasteiger partial charge in [-0.15, -0.1) is 0 Å². The minimum absolute atomic E-state index is 0.671. The summed E-state index contributed by atoms with van der Waals surface area (Å²) in [5.74, 6) is 1.45. The molecule has 0 fully saturated rings. The van der Waals surface area contributed by atoms with Crippen LogP contribution in [0.15, 0.2) is 36.4 Å². The third kappa shape index (κ3) is 10.2. The van der Waals surface area contributed by atoms with Crippen LogP contribution in [0.25, 0.3) is 0 Å². The lowest BCUT2D eigenvalue weighted by atomic mass is 10.2. The van der Waals surface area contributed by atoms with E-state index in [1.54, 1.807) is 19.1 Å². The maximum atomic E-state index is 5.77. The molecular formula is C24H42N5O2+. The standard InChI is InChI=1S/C14H25N3O.C10H16N2O/c1-4-9-17(2)10-5-8-16-12-6-7-13(15)14(11-12)18-3;1-3-6-12-8-4-5-9(11)10(7-8)13-2/h6-7,11,16H,4-5,8-10,15H2,1-3H3;4-5,7,12H,3,6,11H2,1-2H3/p+1. The molecule has 0 heterocycles. The van der Waals surface area contributed by atoms with E-state index in [4.69, 9.17) is 20.9 Å². The maximum absolute atomic E-state index is 5.77. The molecule has 0 radical (unpaired) electrons. The summed E-state index contributed by atoms with van der Waals surface area (Å²) in [4.78, 5) is 1.59. The summed E-state index contributed by atoms with van der Waals surface area (Å²) in [7, 11) is 5.50. The van der Waals surface area contributed by atoms with Gasteiger partial charge in [-0.1, -0.05) is 13.8 Å². The molecule has 0 aliphatic rings. The predicted molar refractivity (Wildman–Crippen MR) is 134 cm³/mol. The van der Waals surface area contributed by atoms with E-state index in [9.17, 15) is 0 Å². The molecule has 7 nitrogen and oxygen atoms in total. The van der Waals surface area contributed by atoms with Crippen LogP contribution >= 0.6 is 0 Å². The van der Waals surface area contributed by atoms with Crippen molar-refractivity contribution in [3.8, 4) is 11.5 Å². The third-order valence-electron chi connectivity index (χ3n) is 4.83. The summed E-state index contributed by atoms with van der Waals surface area (Å²) in [6, 6.07) is 11.5. The fourth-order valence-corrected chi connectivity index (χ4v) is 3.09. The zero-order valence-electron chi connectivity index (χ0n) is 19.9. The molecule has 0 aliphatic carbocycles. The molecular weight excluding hydrogens is 390 g/mol. The van der Waals surface area contributed by atoms with E-state index < -0.39 is 0 Å². The molecule has 7 heteroatoms. The van der Waals surface area contributed by atoms with Crippen LogP contribution in [0.2, 0.25) is 0 Å². The fourth-order valence-electron chi connectivity index (χ4n) is 3.09. The van der Waals surface area contributed by atoms with Crippen molar-refractivity contribution in [2.75, 3.05) is 69.5 Å². The number of nitrogen functional groups attached to an aromatic ring is 2. The Morgan fingerprint density at radius 2 is 1.29 bits per heavy atom. The van der Waals surface area contributed by atoms with Gasteiger partial charge in [0.15, 0.2) is 0 Å². The molecule has 31 heavy (non-hydrogen) atoms. The quantitative estimate of drug-likeness (QED) is 0.261. The number of methoxy groups -OCH3 is 2. The maximum Gasteiger partial charge on any atom is 0.143 e. The molecule has 0 bridgehead atoms. The predicted octanol–water partition coefficient (Wildman–Crippen LogP) is 3.10. The Hall–Kier alpha value is -2.80. The van der Waals surface area contributed by atoms with Gasteiger partial charge in [-0.05, 0) is 37.1 Å². The van der Waals surface area contributed by atoms with Crippen LogP contribution in [0.3, 0.4) is 0 Å². The number of quaternary nitrogens is 1. The Labute approximate surface area is 188 Å². The van der Waals surface area contributed by atoms with Gasteiger partial charge in [0.1, 0.15) is 11.5 Å². The number of nitrogens with one attached hydrogen (secondary N) is 3. The molecule has 174 valence electrons. The molecule has 2 rings (SSSR count). The number of anilines is 4. The highest BCUT2D eigenvalue weighted by atomic mass is 16.5. The summed E-state index contributed by atoms with van der Waals surface area (Å²) >= 11 is 0. The fraction of sp³-hybridized carbons (Fsp3) is 0.500. The normalized spacial score (nSPS) is 11.1. The molecule has 2 aromatic rings. The van der Waals surface area contributed by atoms with E-state index in [-0.39, 0.29) is 0 Å². The molecule has 1 unspecified atom stereocenters. The Kier molecular flexibility index (Phi) is 12.8. The van der Waals surface area contributed by atoms with Gasteiger partial charge < -0.3 is 36.5 Å². The van der Waals surface area contributed by atoms with Crippen molar-refractivity contribution in [2.24, 2.45) is 0 Å². The van der Waals surface area contributed by atoms with E-state index in [1.165, 1.54) is 25.9 Å². The van der Waals surface area contributed by atoms with Crippen LogP contribution < -0.4 is 36.5 Å². The summed E-state index contributed by atoms with van der Waals surface area (Å²) in [5, 5.41) is 6.66. The molecule has 2 aromatic carbocycles. The lowest BCUT2D eigenvalue weighted by Crippen LogP contribution is -3.09. The number of hydrogen-bond acceptors (Lipinski definition) is 6. The monoisotopic (exact) mass is 432 g/mol.